The van der Waals surface area contributed by atoms with Crippen molar-refractivity contribution in [2.75, 3.05) is 32.7 Å². The largest absolute Gasteiger partial charge is 0.340 e. The normalized spacial score (nSPS) is 14.5. The minimum absolute atomic E-state index is 0.0697. The van der Waals surface area contributed by atoms with Gasteiger partial charge in [0.2, 0.25) is 5.91 Å². The van der Waals surface area contributed by atoms with Gasteiger partial charge in [0, 0.05) is 55.2 Å². The summed E-state index contributed by atoms with van der Waals surface area (Å²) >= 11 is 0. The van der Waals surface area contributed by atoms with Crippen LogP contribution in [0.15, 0.2) is 60.7 Å². The number of aryl methyl sites for hydroxylation is 2. The molecule has 2 aromatic carbocycles. The molecule has 0 atom stereocenters. The predicted molar refractivity (Wildman–Crippen MR) is 127 cm³/mol. The lowest BCUT2D eigenvalue weighted by molar-refractivity contribution is -0.132. The van der Waals surface area contributed by atoms with Crippen LogP contribution < -0.4 is 0 Å². The smallest absolute Gasteiger partial charge is 0.222 e. The number of amides is 1. The van der Waals surface area contributed by atoms with E-state index in [1.807, 2.05) is 59.7 Å². The number of piperazine rings is 1. The van der Waals surface area contributed by atoms with Crippen LogP contribution >= 0.6 is 0 Å². The summed E-state index contributed by atoms with van der Waals surface area (Å²) in [6, 6.07) is 18.3. The maximum absolute atomic E-state index is 13.3. The summed E-state index contributed by atoms with van der Waals surface area (Å²) < 4.78 is 15.3. The molecule has 1 fully saturated rings. The van der Waals surface area contributed by atoms with E-state index >= 15 is 0 Å². The Labute approximate surface area is 194 Å². The third-order valence-electron chi connectivity index (χ3n) is 6.38. The van der Waals surface area contributed by atoms with E-state index in [4.69, 9.17) is 0 Å². The molecule has 1 saturated heterocycles. The van der Waals surface area contributed by atoms with Gasteiger partial charge in [-0.2, -0.15) is 0 Å². The highest BCUT2D eigenvalue weighted by molar-refractivity contribution is 5.99. The van der Waals surface area contributed by atoms with Gasteiger partial charge in [-0.3, -0.25) is 14.5 Å². The van der Waals surface area contributed by atoms with Gasteiger partial charge in [0.05, 0.1) is 6.54 Å². The third kappa shape index (κ3) is 5.40. The summed E-state index contributed by atoms with van der Waals surface area (Å²) in [6.07, 6.45) is 1.26. The predicted octanol–water partition coefficient (Wildman–Crippen LogP) is 4.19. The Kier molecular flexibility index (Phi) is 7.04. The standard InChI is InChI=1S/C27H30FN3O2/c1-20-18-25(21(2)31(20)24-11-9-23(28)10-12-24)26(32)19-29-14-16-30(17-15-29)27(33)13-8-22-6-4-3-5-7-22/h3-7,9-12,18H,8,13-17,19H2,1-2H3. The van der Waals surface area contributed by atoms with Crippen LogP contribution in [-0.4, -0.2) is 58.8 Å². The van der Waals surface area contributed by atoms with E-state index in [0.29, 0.717) is 44.7 Å². The maximum Gasteiger partial charge on any atom is 0.222 e. The Balaban J connectivity index is 1.32. The lowest BCUT2D eigenvalue weighted by Gasteiger charge is -2.34. The summed E-state index contributed by atoms with van der Waals surface area (Å²) in [7, 11) is 0. The fourth-order valence-electron chi connectivity index (χ4n) is 4.53. The summed E-state index contributed by atoms with van der Waals surface area (Å²) in [5.41, 5.74) is 4.51. The minimum Gasteiger partial charge on any atom is -0.340 e. The highest BCUT2D eigenvalue weighted by Crippen LogP contribution is 2.22. The van der Waals surface area contributed by atoms with Crippen LogP contribution in [0.2, 0.25) is 0 Å². The quantitative estimate of drug-likeness (QED) is 0.510. The van der Waals surface area contributed by atoms with Crippen molar-refractivity contribution in [2.45, 2.75) is 26.7 Å². The summed E-state index contributed by atoms with van der Waals surface area (Å²) in [5, 5.41) is 0. The first kappa shape index (κ1) is 22.9. The van der Waals surface area contributed by atoms with Crippen LogP contribution in [0.5, 0.6) is 0 Å². The number of carbonyl (C=O) groups excluding carboxylic acids is 2. The van der Waals surface area contributed by atoms with Crippen LogP contribution in [0.4, 0.5) is 4.39 Å². The number of rotatable bonds is 7. The molecule has 1 aliphatic rings. The number of nitrogens with zero attached hydrogens (tertiary/aromatic N) is 3. The van der Waals surface area contributed by atoms with E-state index in [-0.39, 0.29) is 17.5 Å². The van der Waals surface area contributed by atoms with Gasteiger partial charge >= 0.3 is 0 Å². The molecule has 0 spiro atoms. The summed E-state index contributed by atoms with van der Waals surface area (Å²) in [5.74, 6) is -0.0387. The zero-order valence-corrected chi connectivity index (χ0v) is 19.3. The molecule has 4 rings (SSSR count). The first-order valence-electron chi connectivity index (χ1n) is 11.4. The average Bonchev–Trinajstić information content (AvgIpc) is 3.13. The molecule has 0 radical (unpaired) electrons. The van der Waals surface area contributed by atoms with Crippen LogP contribution in [0.25, 0.3) is 5.69 Å². The van der Waals surface area contributed by atoms with E-state index in [0.717, 1.165) is 23.5 Å². The number of benzene rings is 2. The molecule has 6 heteroatoms. The van der Waals surface area contributed by atoms with Gasteiger partial charge in [0.25, 0.3) is 0 Å². The van der Waals surface area contributed by atoms with Gasteiger partial charge < -0.3 is 9.47 Å². The molecule has 5 nitrogen and oxygen atoms in total. The SMILES string of the molecule is Cc1cc(C(=O)CN2CCN(C(=O)CCc3ccccc3)CC2)c(C)n1-c1ccc(F)cc1. The first-order valence-corrected chi connectivity index (χ1v) is 11.4. The van der Waals surface area contributed by atoms with E-state index in [2.05, 4.69) is 4.90 Å². The Morgan fingerprint density at radius 2 is 1.58 bits per heavy atom. The van der Waals surface area contributed by atoms with Crippen molar-refractivity contribution in [2.24, 2.45) is 0 Å². The Morgan fingerprint density at radius 1 is 0.909 bits per heavy atom. The van der Waals surface area contributed by atoms with Gasteiger partial charge in [-0.1, -0.05) is 30.3 Å². The van der Waals surface area contributed by atoms with Crippen molar-refractivity contribution in [1.29, 1.82) is 0 Å². The Morgan fingerprint density at radius 3 is 2.24 bits per heavy atom. The lowest BCUT2D eigenvalue weighted by atomic mass is 10.1. The molecule has 1 amide bonds. The van der Waals surface area contributed by atoms with Crippen molar-refractivity contribution in [3.8, 4) is 5.69 Å². The molecule has 3 aromatic rings. The molecule has 0 N–H and O–H groups in total. The second-order valence-electron chi connectivity index (χ2n) is 8.66. The number of halogens is 1. The van der Waals surface area contributed by atoms with Gasteiger partial charge in [-0.05, 0) is 56.2 Å². The van der Waals surface area contributed by atoms with E-state index in [1.165, 1.54) is 17.7 Å². The Hall–Kier alpha value is -3.25. The average molecular weight is 448 g/mol. The van der Waals surface area contributed by atoms with Crippen LogP contribution in [0.1, 0.15) is 33.7 Å². The zero-order valence-electron chi connectivity index (χ0n) is 19.3. The molecular weight excluding hydrogens is 417 g/mol. The zero-order chi connectivity index (χ0) is 23.4. The fraction of sp³-hybridized carbons (Fsp3) is 0.333. The van der Waals surface area contributed by atoms with E-state index < -0.39 is 0 Å². The molecule has 0 saturated carbocycles. The monoisotopic (exact) mass is 447 g/mol. The second-order valence-corrected chi connectivity index (χ2v) is 8.66. The fourth-order valence-corrected chi connectivity index (χ4v) is 4.53. The molecule has 0 unspecified atom stereocenters. The lowest BCUT2D eigenvalue weighted by Crippen LogP contribution is -2.50. The topological polar surface area (TPSA) is 45.6 Å². The number of ketones is 1. The van der Waals surface area contributed by atoms with E-state index in [1.54, 1.807) is 12.1 Å². The molecule has 172 valence electrons. The second kappa shape index (κ2) is 10.1. The van der Waals surface area contributed by atoms with Crippen LogP contribution in [0.3, 0.4) is 0 Å². The first-order chi connectivity index (χ1) is 15.9. The van der Waals surface area contributed by atoms with Crippen molar-refractivity contribution >= 4 is 11.7 Å². The van der Waals surface area contributed by atoms with Crippen molar-refractivity contribution in [3.63, 3.8) is 0 Å². The molecule has 0 aliphatic carbocycles. The number of hydrogen-bond donors (Lipinski definition) is 0. The van der Waals surface area contributed by atoms with E-state index in [9.17, 15) is 14.0 Å². The minimum atomic E-state index is -0.282. The molecule has 1 aliphatic heterocycles. The molecular formula is C27H30FN3O2. The molecule has 1 aromatic heterocycles. The van der Waals surface area contributed by atoms with Gasteiger partial charge in [0.15, 0.2) is 5.78 Å². The Bertz CT molecular complexity index is 1110. The molecule has 0 bridgehead atoms. The number of carbonyl (C=O) groups is 2. The van der Waals surface area contributed by atoms with Gasteiger partial charge in [-0.25, -0.2) is 4.39 Å². The summed E-state index contributed by atoms with van der Waals surface area (Å²) in [6.45, 7) is 6.89. The van der Waals surface area contributed by atoms with Crippen LogP contribution in [0, 0.1) is 19.7 Å². The maximum atomic E-state index is 13.3. The van der Waals surface area contributed by atoms with Gasteiger partial charge in [-0.15, -0.1) is 0 Å². The number of Topliss-reactive ketones (excluding diaryl/α,β-unsaturated/α-hetero) is 1. The van der Waals surface area contributed by atoms with Crippen molar-refractivity contribution < 1.29 is 14.0 Å². The highest BCUT2D eigenvalue weighted by Gasteiger charge is 2.24. The van der Waals surface area contributed by atoms with Crippen molar-refractivity contribution in [1.82, 2.24) is 14.4 Å². The molecule has 33 heavy (non-hydrogen) atoms. The van der Waals surface area contributed by atoms with Gasteiger partial charge in [0.1, 0.15) is 5.82 Å². The van der Waals surface area contributed by atoms with Crippen LogP contribution in [-0.2, 0) is 11.2 Å². The molecule has 2 heterocycles. The number of aromatic nitrogens is 1. The number of hydrogen-bond acceptors (Lipinski definition) is 3. The van der Waals surface area contributed by atoms with Crippen molar-refractivity contribution in [3.05, 3.63) is 89.0 Å². The highest BCUT2D eigenvalue weighted by atomic mass is 19.1. The summed E-state index contributed by atoms with van der Waals surface area (Å²) in [4.78, 5) is 29.7. The third-order valence-corrected chi connectivity index (χ3v) is 6.38.